The molecule has 311 valence electrons. The Hall–Kier alpha value is -1.25. The molecule has 0 aromatic carbocycles. The smallest absolute Gasteiger partial charge is 0.209 e. The van der Waals surface area contributed by atoms with E-state index in [1.165, 1.54) is 186 Å². The van der Waals surface area contributed by atoms with Crippen LogP contribution in [0.3, 0.4) is 0 Å². The molecule has 0 bridgehead atoms. The van der Waals surface area contributed by atoms with Crippen LogP contribution in [0.4, 0.5) is 0 Å². The van der Waals surface area contributed by atoms with Crippen LogP contribution in [-0.4, -0.2) is 17.9 Å². The SMILES string of the molecule is CCCCCCCC/C=C\CCCCCCC(C(=O)CCCCCCCCCCCCCCC)C(=O)C([C]=O)CCCCCCCCCCCCCC. The van der Waals surface area contributed by atoms with Crippen molar-refractivity contribution in [3.8, 4) is 0 Å². The van der Waals surface area contributed by atoms with Crippen molar-refractivity contribution in [3.63, 3.8) is 0 Å². The van der Waals surface area contributed by atoms with Crippen LogP contribution in [0.15, 0.2) is 12.2 Å². The lowest BCUT2D eigenvalue weighted by Gasteiger charge is -2.18. The standard InChI is InChI=1S/C50H93O3/c1-4-7-10-13-16-19-22-25-27-29-32-35-38-41-44-48(49(52)45-42-39-36-33-30-26-23-20-17-14-11-8-5-2)50(53)47(46-51)43-40-37-34-31-28-24-21-18-15-12-9-6-3/h25,27,47-48H,4-24,26,28-45H2,1-3H3/b27-25-. The molecule has 0 heterocycles. The number of ketones is 2. The number of carbonyl (C=O) groups is 2. The minimum Gasteiger partial charge on any atom is -0.299 e. The first-order valence-corrected chi connectivity index (χ1v) is 24.2. The van der Waals surface area contributed by atoms with Crippen molar-refractivity contribution < 1.29 is 14.4 Å². The fourth-order valence-corrected chi connectivity index (χ4v) is 7.89. The topological polar surface area (TPSA) is 51.2 Å². The summed E-state index contributed by atoms with van der Waals surface area (Å²) in [6.07, 6.45) is 54.9. The summed E-state index contributed by atoms with van der Waals surface area (Å²) in [6.45, 7) is 6.81. The van der Waals surface area contributed by atoms with Crippen LogP contribution in [0.25, 0.3) is 0 Å². The first-order chi connectivity index (χ1) is 26.1. The van der Waals surface area contributed by atoms with Gasteiger partial charge < -0.3 is 0 Å². The van der Waals surface area contributed by atoms with Gasteiger partial charge in [-0.05, 0) is 44.9 Å². The summed E-state index contributed by atoms with van der Waals surface area (Å²) in [7, 11) is 0. The first kappa shape index (κ1) is 51.8. The van der Waals surface area contributed by atoms with Gasteiger partial charge in [0.2, 0.25) is 6.29 Å². The molecule has 0 aromatic rings. The Labute approximate surface area is 332 Å². The lowest BCUT2D eigenvalue weighted by atomic mass is 9.82. The first-order valence-electron chi connectivity index (χ1n) is 24.2. The van der Waals surface area contributed by atoms with Crippen LogP contribution in [0.2, 0.25) is 0 Å². The Morgan fingerprint density at radius 1 is 0.396 bits per heavy atom. The molecule has 0 fully saturated rings. The third kappa shape index (κ3) is 36.2. The average Bonchev–Trinajstić information content (AvgIpc) is 3.16. The molecule has 0 saturated heterocycles. The van der Waals surface area contributed by atoms with Crippen LogP contribution >= 0.6 is 0 Å². The van der Waals surface area contributed by atoms with E-state index in [4.69, 9.17) is 0 Å². The highest BCUT2D eigenvalue weighted by Crippen LogP contribution is 2.24. The van der Waals surface area contributed by atoms with Crippen molar-refractivity contribution in [2.45, 2.75) is 278 Å². The minimum absolute atomic E-state index is 0.0886. The largest absolute Gasteiger partial charge is 0.299 e. The average molecular weight is 742 g/mol. The zero-order chi connectivity index (χ0) is 38.7. The maximum atomic E-state index is 13.7. The summed E-state index contributed by atoms with van der Waals surface area (Å²) in [4.78, 5) is 39.2. The normalized spacial score (nSPS) is 12.8. The van der Waals surface area contributed by atoms with Crippen LogP contribution < -0.4 is 0 Å². The highest BCUT2D eigenvalue weighted by atomic mass is 16.2. The van der Waals surface area contributed by atoms with Gasteiger partial charge in [-0.3, -0.25) is 14.4 Å². The van der Waals surface area contributed by atoms with Crippen LogP contribution in [0.1, 0.15) is 278 Å². The second-order valence-electron chi connectivity index (χ2n) is 16.8. The molecule has 0 aromatic heterocycles. The molecule has 2 atom stereocenters. The summed E-state index contributed by atoms with van der Waals surface area (Å²) in [5.41, 5.74) is 0. The molecule has 0 spiro atoms. The highest BCUT2D eigenvalue weighted by molar-refractivity contribution is 6.07. The fraction of sp³-hybridized carbons (Fsp3) is 0.900. The van der Waals surface area contributed by atoms with Gasteiger partial charge in [-0.2, -0.15) is 0 Å². The molecule has 0 aliphatic carbocycles. The van der Waals surface area contributed by atoms with Gasteiger partial charge in [-0.1, -0.05) is 238 Å². The van der Waals surface area contributed by atoms with Gasteiger partial charge in [-0.25, -0.2) is 0 Å². The number of allylic oxidation sites excluding steroid dienone is 2. The maximum absolute atomic E-state index is 13.7. The van der Waals surface area contributed by atoms with Gasteiger partial charge >= 0.3 is 0 Å². The van der Waals surface area contributed by atoms with Gasteiger partial charge in [0, 0.05) is 6.42 Å². The number of Topliss-reactive ketones (excluding diaryl/α,β-unsaturated/α-hetero) is 2. The molecule has 0 aliphatic rings. The zero-order valence-electron chi connectivity index (χ0n) is 36.3. The minimum atomic E-state index is -0.726. The lowest BCUT2D eigenvalue weighted by Crippen LogP contribution is -2.31. The highest BCUT2D eigenvalue weighted by Gasteiger charge is 2.31. The van der Waals surface area contributed by atoms with Gasteiger partial charge in [0.25, 0.3) is 0 Å². The van der Waals surface area contributed by atoms with Gasteiger partial charge in [0.1, 0.15) is 5.78 Å². The van der Waals surface area contributed by atoms with Crippen molar-refractivity contribution >= 4 is 17.9 Å². The van der Waals surface area contributed by atoms with E-state index in [9.17, 15) is 14.4 Å². The molecule has 3 heteroatoms. The Kier molecular flexibility index (Phi) is 42.5. The molecule has 0 N–H and O–H groups in total. The Morgan fingerprint density at radius 3 is 1.06 bits per heavy atom. The third-order valence-electron chi connectivity index (χ3n) is 11.6. The Bertz CT molecular complexity index is 800. The van der Waals surface area contributed by atoms with Crippen molar-refractivity contribution in [1.82, 2.24) is 0 Å². The van der Waals surface area contributed by atoms with E-state index in [-0.39, 0.29) is 11.6 Å². The molecular weight excluding hydrogens is 649 g/mol. The van der Waals surface area contributed by atoms with E-state index in [1.54, 1.807) is 0 Å². The van der Waals surface area contributed by atoms with Crippen LogP contribution in [0, 0.1) is 11.8 Å². The van der Waals surface area contributed by atoms with Gasteiger partial charge in [0.05, 0.1) is 11.8 Å². The molecule has 0 saturated carbocycles. The molecule has 0 amide bonds. The Balaban J connectivity index is 4.53. The van der Waals surface area contributed by atoms with E-state index in [2.05, 4.69) is 39.2 Å². The van der Waals surface area contributed by atoms with Gasteiger partial charge in [0.15, 0.2) is 5.78 Å². The van der Waals surface area contributed by atoms with E-state index in [0.717, 1.165) is 51.4 Å². The third-order valence-corrected chi connectivity index (χ3v) is 11.6. The lowest BCUT2D eigenvalue weighted by molar-refractivity contribution is -0.134. The maximum Gasteiger partial charge on any atom is 0.209 e. The molecular formula is C50H93O3. The number of unbranched alkanes of at least 4 members (excludes halogenated alkanes) is 33. The van der Waals surface area contributed by atoms with E-state index in [1.807, 2.05) is 0 Å². The van der Waals surface area contributed by atoms with E-state index in [0.29, 0.717) is 19.3 Å². The summed E-state index contributed by atoms with van der Waals surface area (Å²) in [6, 6.07) is 0. The summed E-state index contributed by atoms with van der Waals surface area (Å²) in [5.74, 6) is -1.37. The number of hydrogen-bond donors (Lipinski definition) is 0. The van der Waals surface area contributed by atoms with Crippen molar-refractivity contribution in [3.05, 3.63) is 12.2 Å². The molecule has 1 radical (unpaired) electrons. The van der Waals surface area contributed by atoms with E-state index < -0.39 is 11.8 Å². The molecule has 3 nitrogen and oxygen atoms in total. The van der Waals surface area contributed by atoms with Crippen LogP contribution in [-0.2, 0) is 14.4 Å². The second kappa shape index (κ2) is 43.5. The van der Waals surface area contributed by atoms with Gasteiger partial charge in [-0.15, -0.1) is 0 Å². The quantitative estimate of drug-likeness (QED) is 0.0355. The molecule has 2 unspecified atom stereocenters. The molecule has 0 rings (SSSR count). The number of carbonyl (C=O) groups excluding carboxylic acids is 3. The van der Waals surface area contributed by atoms with Crippen LogP contribution in [0.5, 0.6) is 0 Å². The van der Waals surface area contributed by atoms with Crippen molar-refractivity contribution in [1.29, 1.82) is 0 Å². The van der Waals surface area contributed by atoms with E-state index >= 15 is 0 Å². The Morgan fingerprint density at radius 2 is 0.698 bits per heavy atom. The summed E-state index contributed by atoms with van der Waals surface area (Å²) < 4.78 is 0. The number of hydrogen-bond acceptors (Lipinski definition) is 3. The zero-order valence-corrected chi connectivity index (χ0v) is 36.3. The molecule has 53 heavy (non-hydrogen) atoms. The number of rotatable bonds is 45. The molecule has 0 aliphatic heterocycles. The second-order valence-corrected chi connectivity index (χ2v) is 16.8. The predicted molar refractivity (Wildman–Crippen MR) is 234 cm³/mol. The fourth-order valence-electron chi connectivity index (χ4n) is 7.89. The van der Waals surface area contributed by atoms with Crippen molar-refractivity contribution in [2.75, 3.05) is 0 Å². The predicted octanol–water partition coefficient (Wildman–Crippen LogP) is 16.7. The summed E-state index contributed by atoms with van der Waals surface area (Å²) in [5, 5.41) is 0. The van der Waals surface area contributed by atoms with Crippen molar-refractivity contribution in [2.24, 2.45) is 11.8 Å². The monoisotopic (exact) mass is 742 g/mol. The summed E-state index contributed by atoms with van der Waals surface area (Å²) >= 11 is 0.